The van der Waals surface area contributed by atoms with Crippen molar-refractivity contribution in [1.82, 2.24) is 10.6 Å². The Morgan fingerprint density at radius 2 is 1.50 bits per heavy atom. The minimum absolute atomic E-state index is 0.0839. The molecular weight excluding hydrogens is 408 g/mol. The van der Waals surface area contributed by atoms with Crippen LogP contribution in [-0.2, 0) is 14.3 Å². The van der Waals surface area contributed by atoms with E-state index in [0.29, 0.717) is 6.42 Å². The summed E-state index contributed by atoms with van der Waals surface area (Å²) >= 11 is 0. The second-order valence-electron chi connectivity index (χ2n) is 9.08. The van der Waals surface area contributed by atoms with Crippen LogP contribution >= 0.6 is 0 Å². The van der Waals surface area contributed by atoms with Crippen molar-refractivity contribution >= 4 is 18.0 Å². The highest BCUT2D eigenvalue weighted by Crippen LogP contribution is 2.44. The van der Waals surface area contributed by atoms with Crippen LogP contribution < -0.4 is 10.6 Å². The summed E-state index contributed by atoms with van der Waals surface area (Å²) in [5.41, 5.74) is 3.78. The lowest BCUT2D eigenvalue weighted by atomic mass is 9.86. The van der Waals surface area contributed by atoms with Gasteiger partial charge in [0, 0.05) is 5.92 Å². The zero-order valence-corrected chi connectivity index (χ0v) is 18.8. The van der Waals surface area contributed by atoms with E-state index in [2.05, 4.69) is 22.8 Å². The van der Waals surface area contributed by atoms with Gasteiger partial charge in [0.1, 0.15) is 18.7 Å². The average molecular weight is 439 g/mol. The normalized spacial score (nSPS) is 14.6. The predicted molar refractivity (Wildman–Crippen MR) is 121 cm³/mol. The Hall–Kier alpha value is -3.35. The topological polar surface area (TPSA) is 105 Å². The summed E-state index contributed by atoms with van der Waals surface area (Å²) in [7, 11) is 0. The Balaban J connectivity index is 1.64. The molecule has 2 amide bonds. The van der Waals surface area contributed by atoms with Gasteiger partial charge in [-0.2, -0.15) is 0 Å². The smallest absolute Gasteiger partial charge is 0.407 e. The number of rotatable bonds is 7. The number of carbonyl (C=O) groups excluding carboxylic acids is 2. The summed E-state index contributed by atoms with van der Waals surface area (Å²) in [5, 5.41) is 14.5. The summed E-state index contributed by atoms with van der Waals surface area (Å²) in [6.07, 6.45) is -0.413. The van der Waals surface area contributed by atoms with Crippen molar-refractivity contribution < 1.29 is 24.2 Å². The predicted octanol–water partition coefficient (Wildman–Crippen LogP) is 3.92. The standard InChI is InChI=1S/C25H30N2O5/c1-5-20(22(28)27-21(23(29)30)25(2,3)4)26-24(31)32-14-19-17-12-8-6-10-15(17)16-11-7-9-13-18(16)19/h6-13,19-21H,5,14H2,1-4H3,(H,26,31)(H,27,28)(H,29,30)/t20-,21+/m1/s1. The molecule has 1 aliphatic rings. The van der Waals surface area contributed by atoms with Crippen LogP contribution in [0.3, 0.4) is 0 Å². The number of carboxylic acids is 1. The van der Waals surface area contributed by atoms with Crippen molar-refractivity contribution in [1.29, 1.82) is 0 Å². The number of carboxylic acid groups (broad SMARTS) is 1. The molecule has 0 radical (unpaired) electrons. The number of ether oxygens (including phenoxy) is 1. The number of amides is 2. The molecule has 0 fully saturated rings. The molecule has 7 heteroatoms. The Morgan fingerprint density at radius 1 is 0.969 bits per heavy atom. The highest BCUT2D eigenvalue weighted by molar-refractivity contribution is 5.89. The van der Waals surface area contributed by atoms with Crippen LogP contribution in [0.5, 0.6) is 0 Å². The van der Waals surface area contributed by atoms with E-state index in [0.717, 1.165) is 22.3 Å². The summed E-state index contributed by atoms with van der Waals surface area (Å²) in [4.78, 5) is 36.6. The third kappa shape index (κ3) is 4.93. The summed E-state index contributed by atoms with van der Waals surface area (Å²) in [6, 6.07) is 14.1. The van der Waals surface area contributed by atoms with E-state index < -0.39 is 35.5 Å². The summed E-state index contributed by atoms with van der Waals surface area (Å²) in [5.74, 6) is -1.76. The van der Waals surface area contributed by atoms with Gasteiger partial charge in [0.2, 0.25) is 5.91 Å². The van der Waals surface area contributed by atoms with Crippen LogP contribution in [0.25, 0.3) is 11.1 Å². The van der Waals surface area contributed by atoms with Crippen molar-refractivity contribution in [3.05, 3.63) is 59.7 Å². The monoisotopic (exact) mass is 438 g/mol. The maximum atomic E-state index is 12.6. The molecule has 0 saturated heterocycles. The van der Waals surface area contributed by atoms with E-state index in [1.54, 1.807) is 27.7 Å². The maximum absolute atomic E-state index is 12.6. The Labute approximate surface area is 188 Å². The number of benzene rings is 2. The van der Waals surface area contributed by atoms with Gasteiger partial charge in [-0.05, 0) is 34.1 Å². The Bertz CT molecular complexity index is 966. The molecule has 2 aromatic carbocycles. The average Bonchev–Trinajstić information content (AvgIpc) is 3.07. The van der Waals surface area contributed by atoms with Gasteiger partial charge < -0.3 is 20.5 Å². The van der Waals surface area contributed by atoms with Crippen LogP contribution in [0.2, 0.25) is 0 Å². The molecule has 0 saturated carbocycles. The van der Waals surface area contributed by atoms with E-state index in [4.69, 9.17) is 4.74 Å². The molecule has 7 nitrogen and oxygen atoms in total. The van der Waals surface area contributed by atoms with Crippen LogP contribution in [0.15, 0.2) is 48.5 Å². The molecule has 3 rings (SSSR count). The lowest BCUT2D eigenvalue weighted by Crippen LogP contribution is -2.55. The van der Waals surface area contributed by atoms with Crippen LogP contribution in [0.1, 0.15) is 51.2 Å². The number of aliphatic carboxylic acids is 1. The first-order chi connectivity index (χ1) is 15.1. The van der Waals surface area contributed by atoms with E-state index >= 15 is 0 Å². The summed E-state index contributed by atoms with van der Waals surface area (Å²) < 4.78 is 5.50. The molecule has 0 aromatic heterocycles. The number of fused-ring (bicyclic) bond motifs is 3. The van der Waals surface area contributed by atoms with Crippen LogP contribution in [-0.4, -0.2) is 41.8 Å². The van der Waals surface area contributed by atoms with Gasteiger partial charge in [-0.3, -0.25) is 4.79 Å². The number of nitrogens with one attached hydrogen (secondary N) is 2. The molecule has 0 heterocycles. The number of carbonyl (C=O) groups is 3. The van der Waals surface area contributed by atoms with Crippen molar-refractivity contribution in [3.8, 4) is 11.1 Å². The molecule has 32 heavy (non-hydrogen) atoms. The van der Waals surface area contributed by atoms with Crippen molar-refractivity contribution in [2.45, 2.75) is 52.1 Å². The van der Waals surface area contributed by atoms with Crippen LogP contribution in [0.4, 0.5) is 4.79 Å². The summed E-state index contributed by atoms with van der Waals surface area (Å²) in [6.45, 7) is 7.06. The molecule has 2 atom stereocenters. The van der Waals surface area contributed by atoms with Crippen molar-refractivity contribution in [2.75, 3.05) is 6.61 Å². The van der Waals surface area contributed by atoms with Gasteiger partial charge in [-0.25, -0.2) is 9.59 Å². The lowest BCUT2D eigenvalue weighted by molar-refractivity contribution is -0.145. The van der Waals surface area contributed by atoms with Gasteiger partial charge in [0.15, 0.2) is 0 Å². The molecule has 1 aliphatic carbocycles. The van der Waals surface area contributed by atoms with Gasteiger partial charge in [0.25, 0.3) is 0 Å². The van der Waals surface area contributed by atoms with Gasteiger partial charge >= 0.3 is 12.1 Å². The Kier molecular flexibility index (Phi) is 6.87. The van der Waals surface area contributed by atoms with E-state index in [-0.39, 0.29) is 12.5 Å². The first kappa shape index (κ1) is 23.3. The second-order valence-corrected chi connectivity index (χ2v) is 9.08. The quantitative estimate of drug-likeness (QED) is 0.608. The molecule has 2 aromatic rings. The number of hydrogen-bond donors (Lipinski definition) is 3. The fourth-order valence-corrected chi connectivity index (χ4v) is 4.03. The first-order valence-electron chi connectivity index (χ1n) is 10.8. The molecule has 0 aliphatic heterocycles. The largest absolute Gasteiger partial charge is 0.480 e. The third-order valence-electron chi connectivity index (χ3n) is 5.76. The fourth-order valence-electron chi connectivity index (χ4n) is 4.03. The molecule has 0 bridgehead atoms. The molecule has 0 unspecified atom stereocenters. The third-order valence-corrected chi connectivity index (χ3v) is 5.76. The molecular formula is C25H30N2O5. The highest BCUT2D eigenvalue weighted by Gasteiger charge is 2.35. The zero-order chi connectivity index (χ0) is 23.5. The molecule has 0 spiro atoms. The van der Waals surface area contributed by atoms with Gasteiger partial charge in [-0.15, -0.1) is 0 Å². The van der Waals surface area contributed by atoms with Gasteiger partial charge in [0.05, 0.1) is 0 Å². The number of alkyl carbamates (subject to hydrolysis) is 1. The number of hydrogen-bond acceptors (Lipinski definition) is 4. The second kappa shape index (κ2) is 9.42. The van der Waals surface area contributed by atoms with Crippen LogP contribution in [0, 0.1) is 5.41 Å². The Morgan fingerprint density at radius 3 is 1.97 bits per heavy atom. The van der Waals surface area contributed by atoms with E-state index in [9.17, 15) is 19.5 Å². The van der Waals surface area contributed by atoms with Crippen molar-refractivity contribution in [2.24, 2.45) is 5.41 Å². The zero-order valence-electron chi connectivity index (χ0n) is 18.8. The molecule has 3 N–H and O–H groups in total. The lowest BCUT2D eigenvalue weighted by Gasteiger charge is -2.29. The van der Waals surface area contributed by atoms with Gasteiger partial charge in [-0.1, -0.05) is 76.2 Å². The van der Waals surface area contributed by atoms with E-state index in [1.807, 2.05) is 36.4 Å². The first-order valence-corrected chi connectivity index (χ1v) is 10.8. The minimum atomic E-state index is -1.12. The molecule has 170 valence electrons. The minimum Gasteiger partial charge on any atom is -0.480 e. The highest BCUT2D eigenvalue weighted by atomic mass is 16.5. The van der Waals surface area contributed by atoms with E-state index in [1.165, 1.54) is 0 Å². The fraction of sp³-hybridized carbons (Fsp3) is 0.400. The SMILES string of the molecule is CC[C@@H](NC(=O)OCC1c2ccccc2-c2ccccc21)C(=O)N[C@@H](C(=O)O)C(C)(C)C. The van der Waals surface area contributed by atoms with Crippen molar-refractivity contribution in [3.63, 3.8) is 0 Å². The maximum Gasteiger partial charge on any atom is 0.407 e.